The fourth-order valence-corrected chi connectivity index (χ4v) is 2.78. The van der Waals surface area contributed by atoms with Gasteiger partial charge in [-0.15, -0.1) is 11.8 Å². The van der Waals surface area contributed by atoms with E-state index >= 15 is 0 Å². The van der Waals surface area contributed by atoms with Gasteiger partial charge in [-0.2, -0.15) is 0 Å². The summed E-state index contributed by atoms with van der Waals surface area (Å²) in [4.78, 5) is 23.6. The third-order valence-corrected chi connectivity index (χ3v) is 4.26. The van der Waals surface area contributed by atoms with Crippen molar-refractivity contribution in [2.45, 2.75) is 0 Å². The molecule has 0 aliphatic carbocycles. The van der Waals surface area contributed by atoms with Crippen LogP contribution in [-0.2, 0) is 9.59 Å². The number of ether oxygens (including phenoxy) is 1. The number of rotatable bonds is 7. The molecule has 0 fully saturated rings. The van der Waals surface area contributed by atoms with Gasteiger partial charge in [-0.1, -0.05) is 11.6 Å². The number of halogens is 2. The van der Waals surface area contributed by atoms with Crippen molar-refractivity contribution in [3.05, 3.63) is 53.3 Å². The number of anilines is 2. The molecule has 0 heterocycles. The number of benzene rings is 2. The monoisotopic (exact) mass is 382 g/mol. The van der Waals surface area contributed by atoms with Crippen LogP contribution in [0.5, 0.6) is 5.75 Å². The third kappa shape index (κ3) is 6.28. The molecule has 2 rings (SSSR count). The maximum Gasteiger partial charge on any atom is 0.234 e. The van der Waals surface area contributed by atoms with E-state index < -0.39 is 0 Å². The topological polar surface area (TPSA) is 67.4 Å². The third-order valence-electron chi connectivity index (χ3n) is 3.03. The van der Waals surface area contributed by atoms with Crippen molar-refractivity contribution in [2.75, 3.05) is 29.2 Å². The van der Waals surface area contributed by atoms with Gasteiger partial charge in [-0.3, -0.25) is 9.59 Å². The summed E-state index contributed by atoms with van der Waals surface area (Å²) in [7, 11) is 1.51. The summed E-state index contributed by atoms with van der Waals surface area (Å²) in [5.41, 5.74) is 1.05. The standard InChI is InChI=1S/C17H16ClFN2O3S/c1-24-15-7-6-13(8-14(15)18)21-17(23)10-25-9-16(22)20-12-4-2-11(19)3-5-12/h2-8H,9-10H2,1H3,(H,20,22)(H,21,23). The lowest BCUT2D eigenvalue weighted by Crippen LogP contribution is -2.18. The minimum atomic E-state index is -0.373. The Kier molecular flexibility index (Phi) is 7.09. The van der Waals surface area contributed by atoms with Gasteiger partial charge in [0.05, 0.1) is 23.6 Å². The molecule has 0 spiro atoms. The van der Waals surface area contributed by atoms with Gasteiger partial charge >= 0.3 is 0 Å². The summed E-state index contributed by atoms with van der Waals surface area (Å²) in [6, 6.07) is 10.4. The summed E-state index contributed by atoms with van der Waals surface area (Å²) >= 11 is 7.15. The second kappa shape index (κ2) is 9.29. The van der Waals surface area contributed by atoms with Crippen LogP contribution in [0, 0.1) is 5.82 Å². The minimum absolute atomic E-state index is 0.105. The van der Waals surface area contributed by atoms with E-state index in [4.69, 9.17) is 16.3 Å². The molecule has 0 aliphatic rings. The Labute approximate surface area is 153 Å². The second-order valence-corrected chi connectivity index (χ2v) is 6.34. The van der Waals surface area contributed by atoms with Gasteiger partial charge in [0.1, 0.15) is 11.6 Å². The smallest absolute Gasteiger partial charge is 0.234 e. The van der Waals surface area contributed by atoms with Gasteiger partial charge in [0, 0.05) is 11.4 Å². The number of methoxy groups -OCH3 is 1. The van der Waals surface area contributed by atoms with E-state index in [9.17, 15) is 14.0 Å². The summed E-state index contributed by atoms with van der Waals surface area (Å²) < 4.78 is 17.8. The first-order valence-corrected chi connectivity index (χ1v) is 8.78. The largest absolute Gasteiger partial charge is 0.495 e. The molecular formula is C17H16ClFN2O3S. The van der Waals surface area contributed by atoms with Gasteiger partial charge in [0.15, 0.2) is 0 Å². The molecule has 0 aromatic heterocycles. The van der Waals surface area contributed by atoms with Gasteiger partial charge < -0.3 is 15.4 Å². The van der Waals surface area contributed by atoms with Crippen molar-refractivity contribution in [2.24, 2.45) is 0 Å². The zero-order valence-corrected chi connectivity index (χ0v) is 14.9. The highest BCUT2D eigenvalue weighted by Gasteiger charge is 2.08. The Morgan fingerprint density at radius 1 is 1.04 bits per heavy atom. The van der Waals surface area contributed by atoms with E-state index in [2.05, 4.69) is 10.6 Å². The second-order valence-electron chi connectivity index (χ2n) is 4.95. The highest BCUT2D eigenvalue weighted by Crippen LogP contribution is 2.27. The number of thioether (sulfide) groups is 1. The zero-order chi connectivity index (χ0) is 18.2. The molecule has 0 unspecified atom stereocenters. The Balaban J connectivity index is 1.73. The van der Waals surface area contributed by atoms with Crippen molar-refractivity contribution in [3.8, 4) is 5.75 Å². The molecule has 0 saturated heterocycles. The first kappa shape index (κ1) is 19.1. The molecule has 0 saturated carbocycles. The van der Waals surface area contributed by atoms with Crippen molar-refractivity contribution in [3.63, 3.8) is 0 Å². The number of nitrogens with one attached hydrogen (secondary N) is 2. The molecule has 0 bridgehead atoms. The Bertz CT molecular complexity index is 756. The normalized spacial score (nSPS) is 10.2. The quantitative estimate of drug-likeness (QED) is 0.764. The summed E-state index contributed by atoms with van der Waals surface area (Å²) in [5, 5.41) is 5.71. The molecule has 0 radical (unpaired) electrons. The molecule has 8 heteroatoms. The van der Waals surface area contributed by atoms with Gasteiger partial charge in [-0.05, 0) is 42.5 Å². The van der Waals surface area contributed by atoms with Crippen molar-refractivity contribution in [1.82, 2.24) is 0 Å². The molecule has 0 aliphatic heterocycles. The van der Waals surface area contributed by atoms with Gasteiger partial charge in [0.25, 0.3) is 0 Å². The van der Waals surface area contributed by atoms with Crippen molar-refractivity contribution in [1.29, 1.82) is 0 Å². The summed E-state index contributed by atoms with van der Waals surface area (Å²) in [5.74, 6) is -0.152. The van der Waals surface area contributed by atoms with Crippen LogP contribution in [0.4, 0.5) is 15.8 Å². The number of hydrogen-bond donors (Lipinski definition) is 2. The number of carbonyl (C=O) groups is 2. The van der Waals surface area contributed by atoms with Gasteiger partial charge in [0.2, 0.25) is 11.8 Å². The average molecular weight is 383 g/mol. The lowest BCUT2D eigenvalue weighted by atomic mass is 10.3. The van der Waals surface area contributed by atoms with Crippen LogP contribution in [0.1, 0.15) is 0 Å². The van der Waals surface area contributed by atoms with Crippen molar-refractivity contribution < 1.29 is 18.7 Å². The first-order chi connectivity index (χ1) is 12.0. The SMILES string of the molecule is COc1ccc(NC(=O)CSCC(=O)Nc2ccc(F)cc2)cc1Cl. The fourth-order valence-electron chi connectivity index (χ4n) is 1.91. The van der Waals surface area contributed by atoms with E-state index in [1.165, 1.54) is 43.1 Å². The van der Waals surface area contributed by atoms with Crippen LogP contribution in [0.2, 0.25) is 5.02 Å². The molecule has 132 valence electrons. The number of hydrogen-bond acceptors (Lipinski definition) is 4. The maximum absolute atomic E-state index is 12.8. The lowest BCUT2D eigenvalue weighted by molar-refractivity contribution is -0.114. The number of amides is 2. The van der Waals surface area contributed by atoms with Crippen LogP contribution in [0.15, 0.2) is 42.5 Å². The lowest BCUT2D eigenvalue weighted by Gasteiger charge is -2.08. The van der Waals surface area contributed by atoms with E-state index in [0.29, 0.717) is 22.1 Å². The van der Waals surface area contributed by atoms with Gasteiger partial charge in [-0.25, -0.2) is 4.39 Å². The average Bonchev–Trinajstić information content (AvgIpc) is 2.57. The maximum atomic E-state index is 12.8. The molecule has 25 heavy (non-hydrogen) atoms. The minimum Gasteiger partial charge on any atom is -0.495 e. The molecule has 2 aromatic rings. The van der Waals surface area contributed by atoms with Crippen LogP contribution in [0.25, 0.3) is 0 Å². The molecule has 2 aromatic carbocycles. The van der Waals surface area contributed by atoms with E-state index in [-0.39, 0.29) is 29.1 Å². The first-order valence-electron chi connectivity index (χ1n) is 7.24. The predicted octanol–water partition coefficient (Wildman–Crippen LogP) is 3.80. The Hall–Kier alpha value is -2.25. The highest BCUT2D eigenvalue weighted by molar-refractivity contribution is 8.00. The molecule has 2 amide bonds. The van der Waals surface area contributed by atoms with E-state index in [0.717, 1.165) is 0 Å². The summed E-state index contributed by atoms with van der Waals surface area (Å²) in [6.07, 6.45) is 0. The summed E-state index contributed by atoms with van der Waals surface area (Å²) in [6.45, 7) is 0. The van der Waals surface area contributed by atoms with E-state index in [1.807, 2.05) is 0 Å². The van der Waals surface area contributed by atoms with Crippen LogP contribution >= 0.6 is 23.4 Å². The fraction of sp³-hybridized carbons (Fsp3) is 0.176. The highest BCUT2D eigenvalue weighted by atomic mass is 35.5. The molecular weight excluding hydrogens is 367 g/mol. The molecule has 2 N–H and O–H groups in total. The van der Waals surface area contributed by atoms with E-state index in [1.54, 1.807) is 18.2 Å². The van der Waals surface area contributed by atoms with Crippen LogP contribution in [-0.4, -0.2) is 30.4 Å². The van der Waals surface area contributed by atoms with Crippen LogP contribution in [0.3, 0.4) is 0 Å². The number of carbonyl (C=O) groups excluding carboxylic acids is 2. The predicted molar refractivity (Wildman–Crippen MR) is 99.0 cm³/mol. The van der Waals surface area contributed by atoms with Crippen LogP contribution < -0.4 is 15.4 Å². The molecule has 5 nitrogen and oxygen atoms in total. The zero-order valence-electron chi connectivity index (χ0n) is 13.3. The Morgan fingerprint density at radius 3 is 2.16 bits per heavy atom. The Morgan fingerprint density at radius 2 is 1.60 bits per heavy atom. The molecule has 0 atom stereocenters. The van der Waals surface area contributed by atoms with Crippen molar-refractivity contribution >= 4 is 46.6 Å².